The predicted molar refractivity (Wildman–Crippen MR) is 117 cm³/mol. The van der Waals surface area contributed by atoms with E-state index in [2.05, 4.69) is 10.2 Å². The van der Waals surface area contributed by atoms with E-state index in [0.29, 0.717) is 35.9 Å². The molecule has 0 radical (unpaired) electrons. The van der Waals surface area contributed by atoms with Gasteiger partial charge in [0.15, 0.2) is 10.6 Å². The highest BCUT2D eigenvalue weighted by Gasteiger charge is 2.13. The van der Waals surface area contributed by atoms with Crippen LogP contribution in [0.4, 0.5) is 0 Å². The number of aromatic amines is 1. The lowest BCUT2D eigenvalue weighted by molar-refractivity contribution is -0.130. The highest BCUT2D eigenvalue weighted by atomic mass is 35.5. The zero-order valence-corrected chi connectivity index (χ0v) is 18.0. The van der Waals surface area contributed by atoms with Gasteiger partial charge in [0, 0.05) is 30.6 Å². The Bertz CT molecular complexity index is 1030. The number of likely N-dealkylation sites (N-methyl/N-ethyl adjacent to an activating group) is 1. The molecular weight excluding hydrogens is 408 g/mol. The summed E-state index contributed by atoms with van der Waals surface area (Å²) in [5.41, 5.74) is 2.11. The van der Waals surface area contributed by atoms with Crippen molar-refractivity contribution in [3.63, 3.8) is 0 Å². The summed E-state index contributed by atoms with van der Waals surface area (Å²) in [6, 6.07) is 15.2. The number of rotatable bonds is 8. The number of benzene rings is 2. The third-order valence-corrected chi connectivity index (χ3v) is 5.08. The van der Waals surface area contributed by atoms with Crippen LogP contribution in [0.5, 0.6) is 5.75 Å². The van der Waals surface area contributed by atoms with Crippen molar-refractivity contribution < 1.29 is 9.53 Å². The Hall–Kier alpha value is -2.64. The van der Waals surface area contributed by atoms with Crippen LogP contribution in [0.2, 0.25) is 5.02 Å². The molecule has 29 heavy (non-hydrogen) atoms. The molecule has 0 spiro atoms. The van der Waals surface area contributed by atoms with Crippen molar-refractivity contribution in [2.24, 2.45) is 0 Å². The number of ether oxygens (including phenoxy) is 1. The minimum atomic E-state index is 0.0167. The summed E-state index contributed by atoms with van der Waals surface area (Å²) in [6.07, 6.45) is 0.324. The molecule has 152 valence electrons. The summed E-state index contributed by atoms with van der Waals surface area (Å²) in [5, 5.41) is 7.82. The molecule has 0 aliphatic carbocycles. The third kappa shape index (κ3) is 5.68. The molecule has 0 unspecified atom stereocenters. The average molecular weight is 431 g/mol. The van der Waals surface area contributed by atoms with Gasteiger partial charge in [0.1, 0.15) is 12.4 Å². The molecule has 0 atom stereocenters. The SMILES string of the molecule is Cc1cccc(-c2n[nH]c(=S)n2CCC(=O)N(C)CCOc2ccc(Cl)cc2)c1. The second kappa shape index (κ2) is 9.71. The van der Waals surface area contributed by atoms with Gasteiger partial charge in [0.25, 0.3) is 0 Å². The molecule has 6 nitrogen and oxygen atoms in total. The predicted octanol–water partition coefficient (Wildman–Crippen LogP) is 4.50. The van der Waals surface area contributed by atoms with E-state index in [1.165, 1.54) is 0 Å². The van der Waals surface area contributed by atoms with E-state index < -0.39 is 0 Å². The minimum absolute atomic E-state index is 0.0167. The van der Waals surface area contributed by atoms with Crippen molar-refractivity contribution in [2.75, 3.05) is 20.2 Å². The lowest BCUT2D eigenvalue weighted by Gasteiger charge is -2.18. The Morgan fingerprint density at radius 2 is 2.03 bits per heavy atom. The number of carbonyl (C=O) groups is 1. The number of hydrogen-bond acceptors (Lipinski definition) is 4. The molecule has 1 N–H and O–H groups in total. The number of aromatic nitrogens is 3. The quantitative estimate of drug-likeness (QED) is 0.534. The van der Waals surface area contributed by atoms with Gasteiger partial charge >= 0.3 is 0 Å². The molecule has 1 aromatic heterocycles. The number of nitrogens with zero attached hydrogens (tertiary/aromatic N) is 3. The monoisotopic (exact) mass is 430 g/mol. The Labute approximate surface area is 180 Å². The van der Waals surface area contributed by atoms with Crippen molar-refractivity contribution in [1.82, 2.24) is 19.7 Å². The van der Waals surface area contributed by atoms with Crippen LogP contribution in [0.3, 0.4) is 0 Å². The molecule has 0 aliphatic rings. The first kappa shape index (κ1) is 21.1. The third-order valence-electron chi connectivity index (χ3n) is 4.52. The van der Waals surface area contributed by atoms with Gasteiger partial charge in [-0.1, -0.05) is 35.4 Å². The van der Waals surface area contributed by atoms with Crippen LogP contribution in [0.15, 0.2) is 48.5 Å². The smallest absolute Gasteiger partial charge is 0.224 e. The molecule has 2 aromatic carbocycles. The average Bonchev–Trinajstić information content (AvgIpc) is 3.08. The van der Waals surface area contributed by atoms with E-state index >= 15 is 0 Å². The first-order valence-electron chi connectivity index (χ1n) is 9.28. The van der Waals surface area contributed by atoms with Crippen molar-refractivity contribution in [3.8, 4) is 17.1 Å². The van der Waals surface area contributed by atoms with E-state index in [1.54, 1.807) is 36.2 Å². The highest BCUT2D eigenvalue weighted by molar-refractivity contribution is 7.71. The molecule has 0 bridgehead atoms. The van der Waals surface area contributed by atoms with E-state index in [9.17, 15) is 4.79 Å². The first-order chi connectivity index (χ1) is 13.9. The lowest BCUT2D eigenvalue weighted by atomic mass is 10.1. The summed E-state index contributed by atoms with van der Waals surface area (Å²) in [6.45, 7) is 3.38. The molecule has 0 aliphatic heterocycles. The van der Waals surface area contributed by atoms with E-state index in [1.807, 2.05) is 35.8 Å². The number of aryl methyl sites for hydroxylation is 1. The summed E-state index contributed by atoms with van der Waals surface area (Å²) < 4.78 is 8.01. The number of H-pyrrole nitrogens is 1. The second-order valence-corrected chi connectivity index (χ2v) is 7.56. The van der Waals surface area contributed by atoms with Crippen LogP contribution in [0.1, 0.15) is 12.0 Å². The fourth-order valence-corrected chi connectivity index (χ4v) is 3.23. The van der Waals surface area contributed by atoms with Crippen LogP contribution >= 0.6 is 23.8 Å². The van der Waals surface area contributed by atoms with Crippen molar-refractivity contribution >= 4 is 29.7 Å². The largest absolute Gasteiger partial charge is 0.492 e. The lowest BCUT2D eigenvalue weighted by Crippen LogP contribution is -2.31. The van der Waals surface area contributed by atoms with Gasteiger partial charge in [-0.25, -0.2) is 0 Å². The number of hydrogen-bond donors (Lipinski definition) is 1. The summed E-state index contributed by atoms with van der Waals surface area (Å²) in [7, 11) is 1.77. The molecular formula is C21H23ClN4O2S. The zero-order chi connectivity index (χ0) is 20.8. The summed E-state index contributed by atoms with van der Waals surface area (Å²) in [4.78, 5) is 14.2. The standard InChI is InChI=1S/C21H23ClN4O2S/c1-15-4-3-5-16(14-15)20-23-24-21(29)26(20)11-10-19(27)25(2)12-13-28-18-8-6-17(22)7-9-18/h3-9,14H,10-13H2,1-2H3,(H,24,29). The van der Waals surface area contributed by atoms with Crippen LogP contribution in [0, 0.1) is 11.7 Å². The molecule has 3 aromatic rings. The van der Waals surface area contributed by atoms with Gasteiger partial charge in [0.05, 0.1) is 6.54 Å². The van der Waals surface area contributed by atoms with Gasteiger partial charge in [-0.15, -0.1) is 0 Å². The molecule has 1 heterocycles. The van der Waals surface area contributed by atoms with Crippen LogP contribution in [-0.2, 0) is 11.3 Å². The summed E-state index contributed by atoms with van der Waals surface area (Å²) >= 11 is 11.2. The van der Waals surface area contributed by atoms with E-state index in [-0.39, 0.29) is 5.91 Å². The van der Waals surface area contributed by atoms with Crippen molar-refractivity contribution in [2.45, 2.75) is 19.9 Å². The fourth-order valence-electron chi connectivity index (χ4n) is 2.88. The molecule has 0 fully saturated rings. The Morgan fingerprint density at radius 1 is 1.28 bits per heavy atom. The summed E-state index contributed by atoms with van der Waals surface area (Å²) in [5.74, 6) is 1.48. The Balaban J connectivity index is 1.54. The maximum absolute atomic E-state index is 12.5. The molecule has 3 rings (SSSR count). The highest BCUT2D eigenvalue weighted by Crippen LogP contribution is 2.19. The van der Waals surface area contributed by atoms with Gasteiger partial charge in [-0.05, 0) is 49.5 Å². The number of amides is 1. The molecule has 0 saturated carbocycles. The van der Waals surface area contributed by atoms with Gasteiger partial charge in [-0.3, -0.25) is 14.5 Å². The normalized spacial score (nSPS) is 10.7. The van der Waals surface area contributed by atoms with Crippen LogP contribution in [0.25, 0.3) is 11.4 Å². The van der Waals surface area contributed by atoms with E-state index in [0.717, 1.165) is 22.7 Å². The van der Waals surface area contributed by atoms with Crippen LogP contribution in [-0.4, -0.2) is 45.8 Å². The van der Waals surface area contributed by atoms with Gasteiger partial charge < -0.3 is 9.64 Å². The molecule has 0 saturated heterocycles. The number of halogens is 1. The molecule has 8 heteroatoms. The van der Waals surface area contributed by atoms with Crippen LogP contribution < -0.4 is 4.74 Å². The first-order valence-corrected chi connectivity index (χ1v) is 10.1. The van der Waals surface area contributed by atoms with E-state index in [4.69, 9.17) is 28.6 Å². The van der Waals surface area contributed by atoms with Crippen molar-refractivity contribution in [3.05, 3.63) is 63.9 Å². The van der Waals surface area contributed by atoms with Gasteiger partial charge in [-0.2, -0.15) is 5.10 Å². The minimum Gasteiger partial charge on any atom is -0.492 e. The maximum atomic E-state index is 12.5. The second-order valence-electron chi connectivity index (χ2n) is 6.74. The Kier molecular flexibility index (Phi) is 7.06. The zero-order valence-electron chi connectivity index (χ0n) is 16.4. The van der Waals surface area contributed by atoms with Gasteiger partial charge in [0.2, 0.25) is 5.91 Å². The fraction of sp³-hybridized carbons (Fsp3) is 0.286. The molecule has 1 amide bonds. The number of nitrogens with one attached hydrogen (secondary N) is 1. The number of carbonyl (C=O) groups excluding carboxylic acids is 1. The van der Waals surface area contributed by atoms with Crippen molar-refractivity contribution in [1.29, 1.82) is 0 Å². The topological polar surface area (TPSA) is 63.2 Å². The maximum Gasteiger partial charge on any atom is 0.224 e. The Morgan fingerprint density at radius 3 is 2.76 bits per heavy atom.